The van der Waals surface area contributed by atoms with Gasteiger partial charge < -0.3 is 10.5 Å². The Morgan fingerprint density at radius 1 is 1.05 bits per heavy atom. The minimum absolute atomic E-state index is 0.168. The molecule has 0 saturated carbocycles. The fourth-order valence-electron chi connectivity index (χ4n) is 1.98. The van der Waals surface area contributed by atoms with E-state index in [1.54, 1.807) is 0 Å². The van der Waals surface area contributed by atoms with Gasteiger partial charge in [0, 0.05) is 11.1 Å². The molecule has 1 unspecified atom stereocenters. The van der Waals surface area contributed by atoms with Gasteiger partial charge in [0.1, 0.15) is 12.4 Å². The lowest BCUT2D eigenvalue weighted by atomic mass is 10.0. The van der Waals surface area contributed by atoms with Crippen LogP contribution in [0.1, 0.15) is 24.5 Å². The van der Waals surface area contributed by atoms with Gasteiger partial charge in [0.05, 0.1) is 5.02 Å². The summed E-state index contributed by atoms with van der Waals surface area (Å²) in [5.74, 6) is 0.681. The van der Waals surface area contributed by atoms with Crippen molar-refractivity contribution in [2.75, 3.05) is 0 Å². The normalized spacial score (nSPS) is 12.2. The third-order valence-corrected chi connectivity index (χ3v) is 3.87. The predicted octanol–water partition coefficient (Wildman–Crippen LogP) is 4.85. The number of hydrogen-bond donors (Lipinski definition) is 1. The number of nitrogens with two attached hydrogens (primary N) is 1. The molecule has 21 heavy (non-hydrogen) atoms. The molecule has 4 heteroatoms. The Kier molecular flexibility index (Phi) is 5.92. The van der Waals surface area contributed by atoms with Crippen molar-refractivity contribution >= 4 is 23.2 Å². The predicted molar refractivity (Wildman–Crippen MR) is 89.2 cm³/mol. The summed E-state index contributed by atoms with van der Waals surface area (Å²) in [5, 5.41) is 1.33. The molecule has 112 valence electrons. The number of hydrogen-bond acceptors (Lipinski definition) is 2. The second-order valence-electron chi connectivity index (χ2n) is 5.05. The van der Waals surface area contributed by atoms with Crippen LogP contribution in [0.15, 0.2) is 42.5 Å². The van der Waals surface area contributed by atoms with E-state index >= 15 is 0 Å². The van der Waals surface area contributed by atoms with Crippen LogP contribution in [0.3, 0.4) is 0 Å². The second kappa shape index (κ2) is 7.69. The van der Waals surface area contributed by atoms with Gasteiger partial charge in [-0.25, -0.2) is 0 Å². The van der Waals surface area contributed by atoms with Gasteiger partial charge in [-0.3, -0.25) is 0 Å². The maximum Gasteiger partial charge on any atom is 0.138 e. The van der Waals surface area contributed by atoms with Crippen molar-refractivity contribution in [2.45, 2.75) is 32.4 Å². The van der Waals surface area contributed by atoms with Crippen molar-refractivity contribution in [1.29, 1.82) is 0 Å². The van der Waals surface area contributed by atoms with Gasteiger partial charge in [0.15, 0.2) is 0 Å². The maximum atomic E-state index is 6.26. The molecule has 2 rings (SSSR count). The molecular formula is C17H19Cl2NO. The lowest BCUT2D eigenvalue weighted by Crippen LogP contribution is -2.21. The highest BCUT2D eigenvalue weighted by Crippen LogP contribution is 2.27. The summed E-state index contributed by atoms with van der Waals surface area (Å²) in [5.41, 5.74) is 8.14. The molecule has 0 aliphatic carbocycles. The Hall–Kier alpha value is -1.22. The second-order valence-corrected chi connectivity index (χ2v) is 5.90. The third kappa shape index (κ3) is 4.92. The Morgan fingerprint density at radius 2 is 1.71 bits per heavy atom. The van der Waals surface area contributed by atoms with Crippen LogP contribution in [0, 0.1) is 0 Å². The highest BCUT2D eigenvalue weighted by Gasteiger charge is 2.06. The first-order valence-corrected chi connectivity index (χ1v) is 7.75. The number of benzene rings is 2. The molecular weight excluding hydrogens is 305 g/mol. The number of ether oxygens (including phenoxy) is 1. The van der Waals surface area contributed by atoms with Gasteiger partial charge in [-0.2, -0.15) is 0 Å². The first kappa shape index (κ1) is 16.2. The minimum atomic E-state index is 0.168. The summed E-state index contributed by atoms with van der Waals surface area (Å²) in [7, 11) is 0. The molecule has 1 atom stereocenters. The van der Waals surface area contributed by atoms with Crippen LogP contribution in [-0.2, 0) is 13.0 Å². The van der Waals surface area contributed by atoms with E-state index in [-0.39, 0.29) is 6.04 Å². The van der Waals surface area contributed by atoms with Crippen molar-refractivity contribution < 1.29 is 4.74 Å². The van der Waals surface area contributed by atoms with Crippen LogP contribution >= 0.6 is 23.2 Å². The van der Waals surface area contributed by atoms with E-state index in [1.807, 2.05) is 42.5 Å². The first-order chi connectivity index (χ1) is 10.1. The molecule has 0 aliphatic heterocycles. The topological polar surface area (TPSA) is 35.2 Å². The molecule has 0 amide bonds. The zero-order valence-corrected chi connectivity index (χ0v) is 13.5. The highest BCUT2D eigenvalue weighted by molar-refractivity contribution is 6.32. The molecule has 0 spiro atoms. The molecule has 0 aliphatic rings. The summed E-state index contributed by atoms with van der Waals surface area (Å²) in [4.78, 5) is 0. The van der Waals surface area contributed by atoms with Gasteiger partial charge in [-0.15, -0.1) is 0 Å². The third-order valence-electron chi connectivity index (χ3n) is 3.33. The van der Waals surface area contributed by atoms with Crippen LogP contribution in [-0.4, -0.2) is 6.04 Å². The molecule has 0 heterocycles. The summed E-state index contributed by atoms with van der Waals surface area (Å²) in [6.07, 6.45) is 1.78. The van der Waals surface area contributed by atoms with Crippen LogP contribution in [0.5, 0.6) is 5.75 Å². The summed E-state index contributed by atoms with van der Waals surface area (Å²) < 4.78 is 5.74. The van der Waals surface area contributed by atoms with Gasteiger partial charge in [-0.1, -0.05) is 48.3 Å². The Labute approximate surface area is 135 Å². The fraction of sp³-hybridized carbons (Fsp3) is 0.294. The van der Waals surface area contributed by atoms with E-state index in [0.717, 1.165) is 24.0 Å². The van der Waals surface area contributed by atoms with E-state index in [9.17, 15) is 0 Å². The zero-order valence-electron chi connectivity index (χ0n) is 12.0. The average Bonchev–Trinajstić information content (AvgIpc) is 2.48. The molecule has 2 aromatic carbocycles. The Morgan fingerprint density at radius 3 is 2.33 bits per heavy atom. The first-order valence-electron chi connectivity index (χ1n) is 6.99. The lowest BCUT2D eigenvalue weighted by molar-refractivity contribution is 0.306. The molecule has 2 aromatic rings. The van der Waals surface area contributed by atoms with Crippen molar-refractivity contribution in [3.05, 3.63) is 63.6 Å². The summed E-state index contributed by atoms with van der Waals surface area (Å²) in [6.45, 7) is 2.54. The van der Waals surface area contributed by atoms with Gasteiger partial charge >= 0.3 is 0 Å². The average molecular weight is 324 g/mol. The van der Waals surface area contributed by atoms with Crippen LogP contribution < -0.4 is 10.5 Å². The fourth-order valence-corrected chi connectivity index (χ4v) is 2.36. The maximum absolute atomic E-state index is 6.26. The summed E-state index contributed by atoms with van der Waals surface area (Å²) >= 11 is 12.1. The van der Waals surface area contributed by atoms with E-state index in [0.29, 0.717) is 22.4 Å². The minimum Gasteiger partial charge on any atom is -0.487 e. The molecule has 0 fully saturated rings. The molecule has 0 aromatic heterocycles. The lowest BCUT2D eigenvalue weighted by Gasteiger charge is -2.12. The largest absolute Gasteiger partial charge is 0.487 e. The van der Waals surface area contributed by atoms with Gasteiger partial charge in [0.2, 0.25) is 0 Å². The van der Waals surface area contributed by atoms with Crippen LogP contribution in [0.4, 0.5) is 0 Å². The monoisotopic (exact) mass is 323 g/mol. The van der Waals surface area contributed by atoms with E-state index in [1.165, 1.54) is 0 Å². The van der Waals surface area contributed by atoms with Crippen molar-refractivity contribution in [3.63, 3.8) is 0 Å². The van der Waals surface area contributed by atoms with Crippen molar-refractivity contribution in [3.8, 4) is 5.75 Å². The highest BCUT2D eigenvalue weighted by atomic mass is 35.5. The number of rotatable bonds is 6. The summed E-state index contributed by atoms with van der Waals surface area (Å²) in [6, 6.07) is 13.6. The SMILES string of the molecule is CCC(N)Cc1ccc(OCc2ccc(Cl)cc2)c(Cl)c1. The number of halogens is 2. The van der Waals surface area contributed by atoms with Crippen molar-refractivity contribution in [2.24, 2.45) is 5.73 Å². The molecule has 0 radical (unpaired) electrons. The quantitative estimate of drug-likeness (QED) is 0.824. The Balaban J connectivity index is 1.99. The molecule has 2 nitrogen and oxygen atoms in total. The zero-order chi connectivity index (χ0) is 15.2. The van der Waals surface area contributed by atoms with E-state index < -0.39 is 0 Å². The smallest absolute Gasteiger partial charge is 0.138 e. The van der Waals surface area contributed by atoms with Crippen LogP contribution in [0.2, 0.25) is 10.0 Å². The standard InChI is InChI=1S/C17H19Cl2NO/c1-2-15(20)9-13-5-8-17(16(19)10-13)21-11-12-3-6-14(18)7-4-12/h3-8,10,15H,2,9,11,20H2,1H3. The molecule has 0 saturated heterocycles. The van der Waals surface area contributed by atoms with Gasteiger partial charge in [-0.05, 0) is 48.2 Å². The molecule has 0 bridgehead atoms. The van der Waals surface area contributed by atoms with Crippen LogP contribution in [0.25, 0.3) is 0 Å². The Bertz CT molecular complexity index is 584. The van der Waals surface area contributed by atoms with Gasteiger partial charge in [0.25, 0.3) is 0 Å². The van der Waals surface area contributed by atoms with E-state index in [2.05, 4.69) is 6.92 Å². The van der Waals surface area contributed by atoms with Crippen molar-refractivity contribution in [1.82, 2.24) is 0 Å². The van der Waals surface area contributed by atoms with E-state index in [4.69, 9.17) is 33.7 Å². The molecule has 2 N–H and O–H groups in total.